The minimum atomic E-state index is -0.0519. The van der Waals surface area contributed by atoms with Gasteiger partial charge in [0.2, 0.25) is 0 Å². The Morgan fingerprint density at radius 1 is 1.12 bits per heavy atom. The topological polar surface area (TPSA) is 91.5 Å². The average Bonchev–Trinajstić information content (AvgIpc) is 3.59. The monoisotopic (exact) mass is 461 g/mol. The first-order valence-corrected chi connectivity index (χ1v) is 11.9. The van der Waals surface area contributed by atoms with Crippen molar-refractivity contribution in [1.29, 1.82) is 0 Å². The quantitative estimate of drug-likeness (QED) is 0.327. The van der Waals surface area contributed by atoms with Crippen LogP contribution in [0.25, 0.3) is 11.3 Å². The van der Waals surface area contributed by atoms with E-state index in [4.69, 9.17) is 9.47 Å². The Morgan fingerprint density at radius 2 is 1.91 bits per heavy atom. The Kier molecular flexibility index (Phi) is 6.40. The number of rotatable bonds is 9. The molecule has 3 aromatic rings. The van der Waals surface area contributed by atoms with Crippen molar-refractivity contribution in [2.75, 3.05) is 45.7 Å². The summed E-state index contributed by atoms with van der Waals surface area (Å²) in [5.41, 5.74) is 5.75. The Balaban J connectivity index is 1.24. The first kappa shape index (κ1) is 22.3. The van der Waals surface area contributed by atoms with Crippen LogP contribution in [-0.4, -0.2) is 61.4 Å². The highest BCUT2D eigenvalue weighted by Crippen LogP contribution is 2.44. The summed E-state index contributed by atoms with van der Waals surface area (Å²) in [6.45, 7) is 4.10. The molecule has 8 nitrogen and oxygen atoms in total. The van der Waals surface area contributed by atoms with Gasteiger partial charge in [0.15, 0.2) is 17.3 Å². The maximum atomic E-state index is 12.7. The number of hydrogen-bond donors (Lipinski definition) is 3. The van der Waals surface area contributed by atoms with E-state index in [0.717, 1.165) is 53.3 Å². The summed E-state index contributed by atoms with van der Waals surface area (Å²) in [5.74, 6) is 2.11. The van der Waals surface area contributed by atoms with Crippen molar-refractivity contribution in [3.63, 3.8) is 0 Å². The van der Waals surface area contributed by atoms with Gasteiger partial charge in [0, 0.05) is 35.3 Å². The van der Waals surface area contributed by atoms with E-state index in [1.807, 2.05) is 36.4 Å². The van der Waals surface area contributed by atoms with Crippen molar-refractivity contribution < 1.29 is 14.3 Å². The molecule has 1 amide bonds. The third-order valence-corrected chi connectivity index (χ3v) is 6.64. The molecule has 0 saturated carbocycles. The number of aromatic nitrogens is 2. The SMILES string of the molecule is COc1cc2c(cc1OC)-c1[nH]nc(Nc3cccc(C(=O)NCCCN4CCCC4)c3)c1C2. The molecule has 34 heavy (non-hydrogen) atoms. The number of benzene rings is 2. The number of ether oxygens (including phenoxy) is 2. The predicted molar refractivity (Wildman–Crippen MR) is 132 cm³/mol. The molecular formula is C26H31N5O3. The lowest BCUT2D eigenvalue weighted by Gasteiger charge is -2.14. The van der Waals surface area contributed by atoms with E-state index < -0.39 is 0 Å². The zero-order valence-electron chi connectivity index (χ0n) is 19.7. The number of hydrogen-bond acceptors (Lipinski definition) is 6. The van der Waals surface area contributed by atoms with Gasteiger partial charge in [-0.15, -0.1) is 0 Å². The average molecular weight is 462 g/mol. The molecule has 0 radical (unpaired) electrons. The number of nitrogens with one attached hydrogen (secondary N) is 3. The molecule has 1 aliphatic heterocycles. The van der Waals surface area contributed by atoms with Crippen molar-refractivity contribution >= 4 is 17.4 Å². The molecule has 0 atom stereocenters. The minimum absolute atomic E-state index is 0.0519. The molecule has 8 heteroatoms. The molecule has 0 spiro atoms. The van der Waals surface area contributed by atoms with Gasteiger partial charge in [0.1, 0.15) is 0 Å². The molecule has 2 aromatic carbocycles. The van der Waals surface area contributed by atoms with Crippen LogP contribution in [0.15, 0.2) is 36.4 Å². The molecule has 1 fully saturated rings. The summed E-state index contributed by atoms with van der Waals surface area (Å²) in [6, 6.07) is 11.5. The summed E-state index contributed by atoms with van der Waals surface area (Å²) >= 11 is 0. The van der Waals surface area contributed by atoms with E-state index in [1.54, 1.807) is 14.2 Å². The Labute approximate surface area is 199 Å². The van der Waals surface area contributed by atoms with Crippen LogP contribution in [-0.2, 0) is 6.42 Å². The fourth-order valence-corrected chi connectivity index (χ4v) is 4.84. The minimum Gasteiger partial charge on any atom is -0.493 e. The van der Waals surface area contributed by atoms with Crippen LogP contribution in [0.5, 0.6) is 11.5 Å². The maximum absolute atomic E-state index is 12.7. The van der Waals surface area contributed by atoms with E-state index in [-0.39, 0.29) is 5.91 Å². The summed E-state index contributed by atoms with van der Waals surface area (Å²) in [5, 5.41) is 14.1. The van der Waals surface area contributed by atoms with Gasteiger partial charge >= 0.3 is 0 Å². The number of fused-ring (bicyclic) bond motifs is 3. The van der Waals surface area contributed by atoms with Crippen molar-refractivity contribution in [3.05, 3.63) is 53.1 Å². The van der Waals surface area contributed by atoms with E-state index in [1.165, 1.54) is 25.9 Å². The summed E-state index contributed by atoms with van der Waals surface area (Å²) in [6.07, 6.45) is 4.29. The highest BCUT2D eigenvalue weighted by molar-refractivity contribution is 5.95. The Bertz CT molecular complexity index is 1180. The second-order valence-electron chi connectivity index (χ2n) is 8.83. The second-order valence-corrected chi connectivity index (χ2v) is 8.83. The number of aromatic amines is 1. The van der Waals surface area contributed by atoms with E-state index in [9.17, 15) is 4.79 Å². The lowest BCUT2D eigenvalue weighted by atomic mass is 10.1. The highest BCUT2D eigenvalue weighted by atomic mass is 16.5. The van der Waals surface area contributed by atoms with E-state index in [0.29, 0.717) is 23.6 Å². The summed E-state index contributed by atoms with van der Waals surface area (Å²) < 4.78 is 10.9. The van der Waals surface area contributed by atoms with E-state index in [2.05, 4.69) is 25.7 Å². The van der Waals surface area contributed by atoms with Crippen LogP contribution in [0.3, 0.4) is 0 Å². The molecule has 1 aliphatic carbocycles. The van der Waals surface area contributed by atoms with Crippen molar-refractivity contribution in [2.24, 2.45) is 0 Å². The molecule has 1 aromatic heterocycles. The number of carbonyl (C=O) groups excluding carboxylic acids is 1. The molecule has 2 heterocycles. The highest BCUT2D eigenvalue weighted by Gasteiger charge is 2.27. The van der Waals surface area contributed by atoms with Crippen molar-refractivity contribution in [3.8, 4) is 22.8 Å². The van der Waals surface area contributed by atoms with Gasteiger partial charge in [-0.3, -0.25) is 9.89 Å². The van der Waals surface area contributed by atoms with Gasteiger partial charge in [0.05, 0.1) is 19.9 Å². The molecule has 178 valence electrons. The summed E-state index contributed by atoms with van der Waals surface area (Å²) in [7, 11) is 3.28. The first-order valence-electron chi connectivity index (χ1n) is 11.9. The number of nitrogens with zero attached hydrogens (tertiary/aromatic N) is 2. The van der Waals surface area contributed by atoms with Gasteiger partial charge < -0.3 is 25.0 Å². The van der Waals surface area contributed by atoms with Gasteiger partial charge in [-0.05, 0) is 74.8 Å². The van der Waals surface area contributed by atoms with Crippen LogP contribution in [0.4, 0.5) is 11.5 Å². The normalized spacial score (nSPS) is 14.5. The zero-order chi connectivity index (χ0) is 23.5. The maximum Gasteiger partial charge on any atom is 0.251 e. The van der Waals surface area contributed by atoms with E-state index >= 15 is 0 Å². The standard InChI is InChI=1S/C26H31N5O3/c1-33-22-15-18-14-21-24(20(18)16-23(22)34-2)29-30-25(21)28-19-8-5-7-17(13-19)26(32)27-9-6-12-31-10-3-4-11-31/h5,7-8,13,15-16H,3-4,6,9-12,14H2,1-2H3,(H,27,32)(H2,28,29,30). The number of anilines is 2. The van der Waals surface area contributed by atoms with Crippen molar-refractivity contribution in [1.82, 2.24) is 20.4 Å². The molecule has 5 rings (SSSR count). The van der Waals surface area contributed by atoms with Crippen LogP contribution in [0.2, 0.25) is 0 Å². The first-order chi connectivity index (χ1) is 16.7. The fraction of sp³-hybridized carbons (Fsp3) is 0.385. The fourth-order valence-electron chi connectivity index (χ4n) is 4.84. The number of carbonyl (C=O) groups is 1. The molecule has 1 saturated heterocycles. The van der Waals surface area contributed by atoms with Crippen LogP contribution in [0.1, 0.15) is 40.7 Å². The molecule has 0 unspecified atom stereocenters. The van der Waals surface area contributed by atoms with Gasteiger partial charge in [-0.2, -0.15) is 5.10 Å². The number of H-pyrrole nitrogens is 1. The van der Waals surface area contributed by atoms with Gasteiger partial charge in [-0.25, -0.2) is 0 Å². The number of likely N-dealkylation sites (tertiary alicyclic amines) is 1. The van der Waals surface area contributed by atoms with Crippen LogP contribution >= 0.6 is 0 Å². The lowest BCUT2D eigenvalue weighted by molar-refractivity contribution is 0.0952. The third kappa shape index (κ3) is 4.46. The predicted octanol–water partition coefficient (Wildman–Crippen LogP) is 3.96. The Hall–Kier alpha value is -3.52. The largest absolute Gasteiger partial charge is 0.493 e. The number of amides is 1. The smallest absolute Gasteiger partial charge is 0.251 e. The third-order valence-electron chi connectivity index (χ3n) is 6.64. The lowest BCUT2D eigenvalue weighted by Crippen LogP contribution is -2.28. The second kappa shape index (κ2) is 9.77. The van der Waals surface area contributed by atoms with Crippen LogP contribution in [0, 0.1) is 0 Å². The Morgan fingerprint density at radius 3 is 2.71 bits per heavy atom. The summed E-state index contributed by atoms with van der Waals surface area (Å²) in [4.78, 5) is 15.1. The number of methoxy groups -OCH3 is 2. The van der Waals surface area contributed by atoms with Crippen molar-refractivity contribution in [2.45, 2.75) is 25.7 Å². The van der Waals surface area contributed by atoms with Crippen LogP contribution < -0.4 is 20.1 Å². The molecule has 3 N–H and O–H groups in total. The molecule has 2 aliphatic rings. The van der Waals surface area contributed by atoms with Gasteiger partial charge in [0.25, 0.3) is 5.91 Å². The molecule has 0 bridgehead atoms. The van der Waals surface area contributed by atoms with Gasteiger partial charge in [-0.1, -0.05) is 6.07 Å². The molecular weight excluding hydrogens is 430 g/mol. The zero-order valence-corrected chi connectivity index (χ0v) is 19.7.